The number of hydrogen-bond acceptors (Lipinski definition) is 5. The largest absolute Gasteiger partial charge is 0.501 e. The number of nitrogens with zero attached hydrogens (tertiary/aromatic N) is 1. The predicted molar refractivity (Wildman–Crippen MR) is 88.0 cm³/mol. The molecular formula is C15H16F3NO5S2. The van der Waals surface area contributed by atoms with Crippen LogP contribution in [0.25, 0.3) is 0 Å². The predicted octanol–water partition coefficient (Wildman–Crippen LogP) is 1.80. The van der Waals surface area contributed by atoms with Gasteiger partial charge in [-0.25, -0.2) is 16.8 Å². The van der Waals surface area contributed by atoms with Crippen LogP contribution in [0.4, 0.5) is 13.2 Å². The minimum absolute atomic E-state index is 0.0442. The van der Waals surface area contributed by atoms with Crippen LogP contribution in [0.3, 0.4) is 0 Å². The first-order valence-corrected chi connectivity index (χ1v) is 10.7. The van der Waals surface area contributed by atoms with Gasteiger partial charge in [0.2, 0.25) is 0 Å². The van der Waals surface area contributed by atoms with Gasteiger partial charge < -0.3 is 4.90 Å². The van der Waals surface area contributed by atoms with Crippen LogP contribution in [0.5, 0.6) is 0 Å². The lowest BCUT2D eigenvalue weighted by atomic mass is 10.1. The average molecular weight is 411 g/mol. The molecule has 0 saturated carbocycles. The lowest BCUT2D eigenvalue weighted by Gasteiger charge is -2.27. The Bertz CT molecular complexity index is 906. The Hall–Kier alpha value is -1.88. The molecule has 1 aromatic carbocycles. The summed E-state index contributed by atoms with van der Waals surface area (Å²) in [5, 5.41) is 0. The molecule has 1 amide bonds. The molecule has 2 rings (SSSR count). The van der Waals surface area contributed by atoms with Gasteiger partial charge >= 0.3 is 5.51 Å². The number of carbonyl (C=O) groups is 1. The molecule has 26 heavy (non-hydrogen) atoms. The van der Waals surface area contributed by atoms with Crippen molar-refractivity contribution in [3.05, 3.63) is 42.5 Å². The highest BCUT2D eigenvalue weighted by Gasteiger charge is 2.46. The third-order valence-electron chi connectivity index (χ3n) is 3.95. The fourth-order valence-electron chi connectivity index (χ4n) is 2.63. The number of rotatable bonds is 5. The van der Waals surface area contributed by atoms with E-state index in [1.54, 1.807) is 0 Å². The van der Waals surface area contributed by atoms with Crippen molar-refractivity contribution in [3.8, 4) is 0 Å². The van der Waals surface area contributed by atoms with Crippen molar-refractivity contribution in [2.45, 2.75) is 22.9 Å². The topological polar surface area (TPSA) is 88.6 Å². The second kappa shape index (κ2) is 7.03. The molecule has 11 heteroatoms. The van der Waals surface area contributed by atoms with Crippen LogP contribution in [0.2, 0.25) is 0 Å². The molecule has 1 heterocycles. The van der Waals surface area contributed by atoms with E-state index in [9.17, 15) is 34.8 Å². The molecule has 1 fully saturated rings. The lowest BCUT2D eigenvalue weighted by molar-refractivity contribution is -0.0436. The van der Waals surface area contributed by atoms with Crippen molar-refractivity contribution >= 4 is 25.6 Å². The van der Waals surface area contributed by atoms with Crippen LogP contribution in [0.15, 0.2) is 41.8 Å². The molecule has 1 atom stereocenters. The molecule has 1 aromatic rings. The summed E-state index contributed by atoms with van der Waals surface area (Å²) in [6.45, 7) is 3.57. The van der Waals surface area contributed by atoms with Gasteiger partial charge in [0, 0.05) is 18.2 Å². The van der Waals surface area contributed by atoms with Crippen molar-refractivity contribution in [1.29, 1.82) is 0 Å². The second-order valence-electron chi connectivity index (χ2n) is 5.78. The van der Waals surface area contributed by atoms with Crippen LogP contribution < -0.4 is 0 Å². The number of amides is 1. The van der Waals surface area contributed by atoms with E-state index >= 15 is 0 Å². The SMILES string of the molecule is C=CCN(C(=O)c1ccc(S(=O)(=O)C(F)(F)F)cc1)C1CCS(=O)(=O)C1. The van der Waals surface area contributed by atoms with E-state index in [0.29, 0.717) is 12.1 Å². The average Bonchev–Trinajstić information content (AvgIpc) is 2.90. The summed E-state index contributed by atoms with van der Waals surface area (Å²) in [6.07, 6.45) is 1.66. The van der Waals surface area contributed by atoms with Crippen LogP contribution in [-0.2, 0) is 19.7 Å². The van der Waals surface area contributed by atoms with Gasteiger partial charge in [0.1, 0.15) is 0 Å². The number of halogens is 3. The smallest absolute Gasteiger partial charge is 0.331 e. The van der Waals surface area contributed by atoms with E-state index < -0.39 is 42.0 Å². The van der Waals surface area contributed by atoms with Gasteiger partial charge in [-0.15, -0.1) is 6.58 Å². The fraction of sp³-hybridized carbons (Fsp3) is 0.400. The molecule has 144 valence electrons. The van der Waals surface area contributed by atoms with Gasteiger partial charge in [0.05, 0.1) is 16.4 Å². The van der Waals surface area contributed by atoms with Crippen molar-refractivity contribution in [3.63, 3.8) is 0 Å². The zero-order chi connectivity index (χ0) is 19.8. The number of hydrogen-bond donors (Lipinski definition) is 0. The Balaban J connectivity index is 2.29. The summed E-state index contributed by atoms with van der Waals surface area (Å²) in [7, 11) is -8.75. The molecule has 0 spiro atoms. The standard InChI is InChI=1S/C15H16F3NO5S2/c1-2-8-19(12-7-9-25(21,22)10-12)14(20)11-3-5-13(6-4-11)26(23,24)15(16,17)18/h2-6,12H,1,7-10H2. The highest BCUT2D eigenvalue weighted by atomic mass is 32.2. The molecule has 6 nitrogen and oxygen atoms in total. The fourth-order valence-corrected chi connectivity index (χ4v) is 5.13. The normalized spacial score (nSPS) is 19.9. The van der Waals surface area contributed by atoms with Gasteiger partial charge in [-0.2, -0.15) is 13.2 Å². The highest BCUT2D eigenvalue weighted by molar-refractivity contribution is 7.92. The summed E-state index contributed by atoms with van der Waals surface area (Å²) in [4.78, 5) is 12.9. The molecule has 1 saturated heterocycles. The van der Waals surface area contributed by atoms with Gasteiger partial charge in [-0.05, 0) is 30.7 Å². The summed E-state index contributed by atoms with van der Waals surface area (Å²) in [5.74, 6) is -0.864. The van der Waals surface area contributed by atoms with E-state index in [1.165, 1.54) is 11.0 Å². The van der Waals surface area contributed by atoms with Crippen LogP contribution in [-0.4, -0.2) is 57.2 Å². The molecule has 1 unspecified atom stereocenters. The number of benzene rings is 1. The van der Waals surface area contributed by atoms with Crippen molar-refractivity contribution < 1.29 is 34.8 Å². The van der Waals surface area contributed by atoms with E-state index in [1.807, 2.05) is 0 Å². The first-order chi connectivity index (χ1) is 11.9. The van der Waals surface area contributed by atoms with Gasteiger partial charge in [0.15, 0.2) is 9.84 Å². The molecular weight excluding hydrogens is 395 g/mol. The molecule has 0 aromatic heterocycles. The molecule has 1 aliphatic heterocycles. The van der Waals surface area contributed by atoms with Gasteiger partial charge in [-0.3, -0.25) is 4.79 Å². The Kier molecular flexibility index (Phi) is 5.52. The Labute approximate surface area is 149 Å². The minimum atomic E-state index is -5.50. The molecule has 0 N–H and O–H groups in total. The van der Waals surface area contributed by atoms with Crippen molar-refractivity contribution in [2.24, 2.45) is 0 Å². The summed E-state index contributed by atoms with van der Waals surface area (Å²) >= 11 is 0. The Morgan fingerprint density at radius 2 is 1.85 bits per heavy atom. The monoisotopic (exact) mass is 411 g/mol. The molecule has 0 aliphatic carbocycles. The van der Waals surface area contributed by atoms with E-state index in [4.69, 9.17) is 0 Å². The minimum Gasteiger partial charge on any atom is -0.331 e. The number of alkyl halides is 3. The van der Waals surface area contributed by atoms with Crippen molar-refractivity contribution in [2.75, 3.05) is 18.1 Å². The summed E-state index contributed by atoms with van der Waals surface area (Å²) in [5.41, 5.74) is -5.48. The van der Waals surface area contributed by atoms with E-state index in [0.717, 1.165) is 12.1 Å². The van der Waals surface area contributed by atoms with E-state index in [-0.39, 0.29) is 30.0 Å². The Morgan fingerprint density at radius 3 is 2.27 bits per heavy atom. The maximum Gasteiger partial charge on any atom is 0.501 e. The molecule has 0 bridgehead atoms. The first-order valence-electron chi connectivity index (χ1n) is 7.43. The van der Waals surface area contributed by atoms with Crippen LogP contribution in [0.1, 0.15) is 16.8 Å². The van der Waals surface area contributed by atoms with Gasteiger partial charge in [0.25, 0.3) is 15.7 Å². The molecule has 1 aliphatic rings. The maximum absolute atomic E-state index is 12.6. The maximum atomic E-state index is 12.6. The number of sulfone groups is 2. The lowest BCUT2D eigenvalue weighted by Crippen LogP contribution is -2.41. The first kappa shape index (κ1) is 20.4. The zero-order valence-corrected chi connectivity index (χ0v) is 15.1. The molecule has 0 radical (unpaired) electrons. The Morgan fingerprint density at radius 1 is 1.27 bits per heavy atom. The zero-order valence-electron chi connectivity index (χ0n) is 13.4. The van der Waals surface area contributed by atoms with E-state index in [2.05, 4.69) is 6.58 Å². The quantitative estimate of drug-likeness (QED) is 0.690. The summed E-state index contributed by atoms with van der Waals surface area (Å²) in [6, 6.07) is 2.78. The van der Waals surface area contributed by atoms with Crippen LogP contribution >= 0.6 is 0 Å². The third kappa shape index (κ3) is 4.09. The van der Waals surface area contributed by atoms with Gasteiger partial charge in [-0.1, -0.05) is 6.08 Å². The van der Waals surface area contributed by atoms with Crippen molar-refractivity contribution in [1.82, 2.24) is 4.90 Å². The second-order valence-corrected chi connectivity index (χ2v) is 9.95. The summed E-state index contributed by atoms with van der Waals surface area (Å²) < 4.78 is 83.6. The third-order valence-corrected chi connectivity index (χ3v) is 7.20. The highest BCUT2D eigenvalue weighted by Crippen LogP contribution is 2.30. The van der Waals surface area contributed by atoms with Crippen LogP contribution in [0, 0.1) is 0 Å². The number of carbonyl (C=O) groups excluding carboxylic acids is 1.